The first-order valence-corrected chi connectivity index (χ1v) is 7.31. The Morgan fingerprint density at radius 3 is 2.52 bits per heavy atom. The van der Waals surface area contributed by atoms with E-state index < -0.39 is 23.5 Å². The maximum atomic E-state index is 11.9. The molecule has 0 fully saturated rings. The number of nitrogens with zero attached hydrogens (tertiary/aromatic N) is 1. The van der Waals surface area contributed by atoms with Crippen molar-refractivity contribution in [3.8, 4) is 0 Å². The van der Waals surface area contributed by atoms with Gasteiger partial charge in [0.25, 0.3) is 5.69 Å². The Morgan fingerprint density at radius 1 is 1.16 bits per heavy atom. The number of esters is 2. The summed E-state index contributed by atoms with van der Waals surface area (Å²) in [6.45, 7) is -0.162. The molecular formula is C17H16N2O6. The molecule has 8 nitrogen and oxygen atoms in total. The van der Waals surface area contributed by atoms with E-state index >= 15 is 0 Å². The van der Waals surface area contributed by atoms with Gasteiger partial charge >= 0.3 is 11.9 Å². The van der Waals surface area contributed by atoms with Gasteiger partial charge in [-0.3, -0.25) is 10.1 Å². The zero-order valence-electron chi connectivity index (χ0n) is 13.4. The first-order valence-electron chi connectivity index (χ1n) is 7.31. The molecule has 130 valence electrons. The molecule has 0 atom stereocenters. The van der Waals surface area contributed by atoms with Gasteiger partial charge in [0.05, 0.1) is 17.6 Å². The molecule has 0 heterocycles. The number of benzene rings is 2. The molecule has 1 N–H and O–H groups in total. The third-order valence-electron chi connectivity index (χ3n) is 3.30. The first kappa shape index (κ1) is 17.9. The normalized spacial score (nSPS) is 9.96. The van der Waals surface area contributed by atoms with Crippen molar-refractivity contribution in [3.63, 3.8) is 0 Å². The number of anilines is 1. The van der Waals surface area contributed by atoms with Crippen LogP contribution in [-0.2, 0) is 20.8 Å². The van der Waals surface area contributed by atoms with Crippen LogP contribution in [0.4, 0.5) is 11.4 Å². The molecule has 0 radical (unpaired) electrons. The van der Waals surface area contributed by atoms with Crippen LogP contribution in [0.15, 0.2) is 48.5 Å². The predicted molar refractivity (Wildman–Crippen MR) is 89.2 cm³/mol. The highest BCUT2D eigenvalue weighted by Gasteiger charge is 2.19. The predicted octanol–water partition coefficient (Wildman–Crippen LogP) is 2.54. The van der Waals surface area contributed by atoms with Crippen molar-refractivity contribution >= 4 is 23.3 Å². The minimum atomic E-state index is -0.844. The first-order chi connectivity index (χ1) is 12.0. The molecule has 8 heteroatoms. The van der Waals surface area contributed by atoms with Gasteiger partial charge in [-0.05, 0) is 17.7 Å². The molecule has 0 aromatic heterocycles. The van der Waals surface area contributed by atoms with Crippen molar-refractivity contribution in [1.82, 2.24) is 0 Å². The quantitative estimate of drug-likeness (QED) is 0.467. The molecule has 0 amide bonds. The number of methoxy groups -OCH3 is 1. The van der Waals surface area contributed by atoms with Crippen LogP contribution in [0.1, 0.15) is 15.9 Å². The highest BCUT2D eigenvalue weighted by molar-refractivity contribution is 5.92. The summed E-state index contributed by atoms with van der Waals surface area (Å²) in [6.07, 6.45) is 0. The molecule has 0 saturated heterocycles. The Hall–Kier alpha value is -3.42. The van der Waals surface area contributed by atoms with Crippen LogP contribution in [0.3, 0.4) is 0 Å². The van der Waals surface area contributed by atoms with Gasteiger partial charge in [0.1, 0.15) is 5.69 Å². The van der Waals surface area contributed by atoms with Gasteiger partial charge in [-0.15, -0.1) is 0 Å². The van der Waals surface area contributed by atoms with E-state index in [0.29, 0.717) is 6.54 Å². The van der Waals surface area contributed by atoms with Gasteiger partial charge < -0.3 is 14.8 Å². The maximum absolute atomic E-state index is 11.9. The number of carbonyl (C=O) groups excluding carboxylic acids is 2. The monoisotopic (exact) mass is 344 g/mol. The summed E-state index contributed by atoms with van der Waals surface area (Å²) in [7, 11) is 1.16. The third-order valence-corrected chi connectivity index (χ3v) is 3.30. The topological polar surface area (TPSA) is 108 Å². The minimum absolute atomic E-state index is 0.0270. The number of nitro benzene ring substituents is 1. The molecule has 0 spiro atoms. The van der Waals surface area contributed by atoms with Crippen molar-refractivity contribution < 1.29 is 24.0 Å². The number of ether oxygens (including phenoxy) is 2. The van der Waals surface area contributed by atoms with Gasteiger partial charge in [0, 0.05) is 12.6 Å². The second-order valence-electron chi connectivity index (χ2n) is 4.98. The summed E-state index contributed by atoms with van der Waals surface area (Å²) in [6, 6.07) is 13.3. The fraction of sp³-hybridized carbons (Fsp3) is 0.176. The van der Waals surface area contributed by atoms with Crippen molar-refractivity contribution in [1.29, 1.82) is 0 Å². The second kappa shape index (κ2) is 8.44. The molecule has 2 rings (SSSR count). The van der Waals surface area contributed by atoms with Gasteiger partial charge in [0.15, 0.2) is 6.61 Å². The van der Waals surface area contributed by atoms with Gasteiger partial charge in [-0.1, -0.05) is 30.3 Å². The second-order valence-corrected chi connectivity index (χ2v) is 4.98. The molecule has 25 heavy (non-hydrogen) atoms. The Kier molecular flexibility index (Phi) is 6.05. The molecule has 0 aliphatic heterocycles. The van der Waals surface area contributed by atoms with Crippen LogP contribution in [0, 0.1) is 10.1 Å². The lowest BCUT2D eigenvalue weighted by molar-refractivity contribution is -0.384. The van der Waals surface area contributed by atoms with Gasteiger partial charge in [-0.2, -0.15) is 0 Å². The fourth-order valence-corrected chi connectivity index (χ4v) is 2.02. The molecule has 0 bridgehead atoms. The number of hydrogen-bond donors (Lipinski definition) is 1. The molecule has 2 aromatic carbocycles. The summed E-state index contributed by atoms with van der Waals surface area (Å²) in [5.41, 5.74) is 0.945. The summed E-state index contributed by atoms with van der Waals surface area (Å²) in [5.74, 6) is -1.56. The van der Waals surface area contributed by atoms with E-state index in [9.17, 15) is 19.7 Å². The Labute approximate surface area is 143 Å². The highest BCUT2D eigenvalue weighted by atomic mass is 16.6. The van der Waals surface area contributed by atoms with Gasteiger partial charge in [0.2, 0.25) is 0 Å². The maximum Gasteiger partial charge on any atom is 0.344 e. The average Bonchev–Trinajstić information content (AvgIpc) is 2.64. The van der Waals surface area contributed by atoms with Crippen LogP contribution >= 0.6 is 0 Å². The van der Waals surface area contributed by atoms with E-state index in [4.69, 9.17) is 4.74 Å². The van der Waals surface area contributed by atoms with Crippen LogP contribution in [0.5, 0.6) is 0 Å². The SMILES string of the molecule is COC(=O)COC(=O)c1ccc(NCc2ccccc2)c([N+](=O)[O-])c1. The van der Waals surface area contributed by atoms with Gasteiger partial charge in [-0.25, -0.2) is 9.59 Å². The molecule has 2 aromatic rings. The number of nitro groups is 1. The molecule has 0 saturated carbocycles. The third kappa shape index (κ3) is 5.03. The Balaban J connectivity index is 2.12. The van der Waals surface area contributed by atoms with Crippen LogP contribution in [0.25, 0.3) is 0 Å². The smallest absolute Gasteiger partial charge is 0.344 e. The molecular weight excluding hydrogens is 328 g/mol. The van der Waals surface area contributed by atoms with Crippen molar-refractivity contribution in [3.05, 3.63) is 69.8 Å². The van der Waals surface area contributed by atoms with Crippen LogP contribution in [-0.4, -0.2) is 30.6 Å². The fourth-order valence-electron chi connectivity index (χ4n) is 2.02. The summed E-state index contributed by atoms with van der Waals surface area (Å²) >= 11 is 0. The summed E-state index contributed by atoms with van der Waals surface area (Å²) in [4.78, 5) is 33.5. The minimum Gasteiger partial charge on any atom is -0.466 e. The summed E-state index contributed by atoms with van der Waals surface area (Å²) in [5, 5.41) is 14.2. The van der Waals surface area contributed by atoms with Crippen molar-refractivity contribution in [2.75, 3.05) is 19.0 Å². The van der Waals surface area contributed by atoms with E-state index in [-0.39, 0.29) is 16.9 Å². The number of hydrogen-bond acceptors (Lipinski definition) is 7. The standard InChI is InChI=1S/C17H16N2O6/c1-24-16(20)11-25-17(21)13-7-8-14(15(9-13)19(22)23)18-10-12-5-3-2-4-6-12/h2-9,18H,10-11H2,1H3. The average molecular weight is 344 g/mol. The lowest BCUT2D eigenvalue weighted by Gasteiger charge is -2.09. The van der Waals surface area contributed by atoms with Crippen molar-refractivity contribution in [2.24, 2.45) is 0 Å². The Bertz CT molecular complexity index is 776. The zero-order valence-corrected chi connectivity index (χ0v) is 13.4. The number of nitrogens with one attached hydrogen (secondary N) is 1. The largest absolute Gasteiger partial charge is 0.466 e. The van der Waals surface area contributed by atoms with E-state index in [0.717, 1.165) is 18.7 Å². The number of carbonyl (C=O) groups is 2. The lowest BCUT2D eigenvalue weighted by atomic mass is 10.1. The summed E-state index contributed by atoms with van der Waals surface area (Å²) < 4.78 is 9.09. The van der Waals surface area contributed by atoms with E-state index in [2.05, 4.69) is 10.1 Å². The molecule has 0 aliphatic rings. The highest BCUT2D eigenvalue weighted by Crippen LogP contribution is 2.26. The van der Waals surface area contributed by atoms with Crippen LogP contribution in [0.2, 0.25) is 0 Å². The number of rotatable bonds is 7. The van der Waals surface area contributed by atoms with E-state index in [1.54, 1.807) is 0 Å². The van der Waals surface area contributed by atoms with E-state index in [1.807, 2.05) is 30.3 Å². The Morgan fingerprint density at radius 2 is 1.88 bits per heavy atom. The van der Waals surface area contributed by atoms with Crippen molar-refractivity contribution in [2.45, 2.75) is 6.54 Å². The zero-order chi connectivity index (χ0) is 18.2. The molecule has 0 unspecified atom stereocenters. The van der Waals surface area contributed by atoms with E-state index in [1.165, 1.54) is 12.1 Å². The lowest BCUT2D eigenvalue weighted by Crippen LogP contribution is -2.15. The van der Waals surface area contributed by atoms with Crippen LogP contribution < -0.4 is 5.32 Å². The molecule has 0 aliphatic carbocycles.